The van der Waals surface area contributed by atoms with Gasteiger partial charge in [0.2, 0.25) is 11.8 Å². The van der Waals surface area contributed by atoms with Gasteiger partial charge in [-0.25, -0.2) is 9.37 Å². The van der Waals surface area contributed by atoms with E-state index in [2.05, 4.69) is 4.98 Å². The standard InChI is InChI=1S/C18H21FN2O3/c1-2-23-12-17(22)21-9-3-4-16(21)18-20-11-15(24-18)10-13-5-7-14(19)8-6-13/h5-8,11,16H,2-4,9-10,12H2,1H3. The van der Waals surface area contributed by atoms with Crippen molar-refractivity contribution in [2.24, 2.45) is 0 Å². The average molecular weight is 332 g/mol. The van der Waals surface area contributed by atoms with E-state index in [4.69, 9.17) is 9.15 Å². The lowest BCUT2D eigenvalue weighted by molar-refractivity contribution is -0.137. The van der Waals surface area contributed by atoms with E-state index < -0.39 is 0 Å². The van der Waals surface area contributed by atoms with Crippen molar-refractivity contribution in [1.29, 1.82) is 0 Å². The van der Waals surface area contributed by atoms with Crippen molar-refractivity contribution in [1.82, 2.24) is 9.88 Å². The quantitative estimate of drug-likeness (QED) is 0.816. The van der Waals surface area contributed by atoms with E-state index in [1.807, 2.05) is 6.92 Å². The van der Waals surface area contributed by atoms with Crippen LogP contribution in [-0.2, 0) is 16.0 Å². The summed E-state index contributed by atoms with van der Waals surface area (Å²) in [6.07, 6.45) is 4.00. The van der Waals surface area contributed by atoms with E-state index >= 15 is 0 Å². The zero-order valence-electron chi connectivity index (χ0n) is 13.7. The van der Waals surface area contributed by atoms with Gasteiger partial charge in [-0.15, -0.1) is 0 Å². The highest BCUT2D eigenvalue weighted by molar-refractivity contribution is 5.78. The summed E-state index contributed by atoms with van der Waals surface area (Å²) in [6.45, 7) is 3.18. The minimum atomic E-state index is -0.258. The lowest BCUT2D eigenvalue weighted by Gasteiger charge is -2.22. The van der Waals surface area contributed by atoms with Crippen LogP contribution in [0.3, 0.4) is 0 Å². The molecule has 1 aromatic carbocycles. The summed E-state index contributed by atoms with van der Waals surface area (Å²) < 4.78 is 24.0. The molecule has 1 aromatic heterocycles. The number of likely N-dealkylation sites (tertiary alicyclic amines) is 1. The summed E-state index contributed by atoms with van der Waals surface area (Å²) in [6, 6.07) is 6.19. The SMILES string of the molecule is CCOCC(=O)N1CCCC1c1ncc(Cc2ccc(F)cc2)o1. The highest BCUT2D eigenvalue weighted by atomic mass is 19.1. The molecule has 0 N–H and O–H groups in total. The van der Waals surface area contributed by atoms with Gasteiger partial charge in [0.05, 0.1) is 6.20 Å². The summed E-state index contributed by atoms with van der Waals surface area (Å²) in [7, 11) is 0. The second-order valence-corrected chi connectivity index (χ2v) is 5.85. The summed E-state index contributed by atoms with van der Waals surface area (Å²) in [5, 5.41) is 0. The molecule has 0 bridgehead atoms. The Morgan fingerprint density at radius 1 is 1.42 bits per heavy atom. The predicted octanol–water partition coefficient (Wildman–Crippen LogP) is 3.10. The number of hydrogen-bond donors (Lipinski definition) is 0. The molecule has 0 saturated carbocycles. The first-order valence-corrected chi connectivity index (χ1v) is 8.23. The van der Waals surface area contributed by atoms with Crippen LogP contribution in [0.15, 0.2) is 34.9 Å². The monoisotopic (exact) mass is 332 g/mol. The van der Waals surface area contributed by atoms with Crippen molar-refractivity contribution in [3.05, 3.63) is 53.5 Å². The predicted molar refractivity (Wildman–Crippen MR) is 85.9 cm³/mol. The first-order valence-electron chi connectivity index (χ1n) is 8.23. The third kappa shape index (κ3) is 3.82. The molecule has 2 heterocycles. The van der Waals surface area contributed by atoms with Gasteiger partial charge in [-0.1, -0.05) is 12.1 Å². The molecule has 1 aliphatic heterocycles. The van der Waals surface area contributed by atoms with Gasteiger partial charge >= 0.3 is 0 Å². The third-order valence-electron chi connectivity index (χ3n) is 4.15. The van der Waals surface area contributed by atoms with Crippen LogP contribution >= 0.6 is 0 Å². The Kier molecular flexibility index (Phi) is 5.25. The molecular formula is C18H21FN2O3. The third-order valence-corrected chi connectivity index (χ3v) is 4.15. The van der Waals surface area contributed by atoms with E-state index in [-0.39, 0.29) is 24.4 Å². The van der Waals surface area contributed by atoms with Gasteiger partial charge in [-0.2, -0.15) is 0 Å². The zero-order valence-corrected chi connectivity index (χ0v) is 13.7. The van der Waals surface area contributed by atoms with Gasteiger partial charge < -0.3 is 14.1 Å². The smallest absolute Gasteiger partial charge is 0.249 e. The van der Waals surface area contributed by atoms with Crippen molar-refractivity contribution >= 4 is 5.91 Å². The first-order chi connectivity index (χ1) is 11.7. The minimum Gasteiger partial charge on any atom is -0.443 e. The maximum atomic E-state index is 13.0. The van der Waals surface area contributed by atoms with Crippen LogP contribution in [-0.4, -0.2) is 35.5 Å². The molecule has 5 nitrogen and oxygen atoms in total. The molecule has 6 heteroatoms. The maximum absolute atomic E-state index is 13.0. The Hall–Kier alpha value is -2.21. The minimum absolute atomic E-state index is 0.0300. The van der Waals surface area contributed by atoms with E-state index in [1.54, 1.807) is 23.2 Å². The fourth-order valence-corrected chi connectivity index (χ4v) is 2.96. The molecular weight excluding hydrogens is 311 g/mol. The molecule has 3 rings (SSSR count). The van der Waals surface area contributed by atoms with E-state index in [0.29, 0.717) is 31.2 Å². The number of halogens is 1. The Bertz CT molecular complexity index is 684. The van der Waals surface area contributed by atoms with Crippen molar-refractivity contribution in [2.45, 2.75) is 32.2 Å². The molecule has 2 aromatic rings. The Morgan fingerprint density at radius 3 is 2.96 bits per heavy atom. The molecule has 1 fully saturated rings. The number of nitrogens with zero attached hydrogens (tertiary/aromatic N) is 2. The second kappa shape index (κ2) is 7.57. The van der Waals surface area contributed by atoms with Crippen molar-refractivity contribution in [2.75, 3.05) is 19.8 Å². The second-order valence-electron chi connectivity index (χ2n) is 5.85. The van der Waals surface area contributed by atoms with Crippen molar-refractivity contribution < 1.29 is 18.3 Å². The van der Waals surface area contributed by atoms with Crippen LogP contribution in [0.4, 0.5) is 4.39 Å². The van der Waals surface area contributed by atoms with Crippen molar-refractivity contribution in [3.63, 3.8) is 0 Å². The van der Waals surface area contributed by atoms with E-state index in [0.717, 1.165) is 18.4 Å². The molecule has 0 aliphatic carbocycles. The Labute approximate surface area is 140 Å². The number of aromatic nitrogens is 1. The first kappa shape index (κ1) is 16.6. The fraction of sp³-hybridized carbons (Fsp3) is 0.444. The van der Waals surface area contributed by atoms with Crippen LogP contribution in [0.1, 0.15) is 43.0 Å². The normalized spacial score (nSPS) is 17.4. The topological polar surface area (TPSA) is 55.6 Å². The number of ether oxygens (including phenoxy) is 1. The van der Waals surface area contributed by atoms with Crippen LogP contribution in [0.5, 0.6) is 0 Å². The van der Waals surface area contributed by atoms with Gasteiger partial charge in [0.15, 0.2) is 0 Å². The largest absolute Gasteiger partial charge is 0.443 e. The van der Waals surface area contributed by atoms with Crippen LogP contribution in [0, 0.1) is 5.82 Å². The average Bonchev–Trinajstić information content (AvgIpc) is 3.23. The lowest BCUT2D eigenvalue weighted by Crippen LogP contribution is -2.33. The number of hydrogen-bond acceptors (Lipinski definition) is 4. The maximum Gasteiger partial charge on any atom is 0.249 e. The van der Waals surface area contributed by atoms with Gasteiger partial charge in [0.1, 0.15) is 24.2 Å². The summed E-state index contributed by atoms with van der Waals surface area (Å²) in [4.78, 5) is 18.3. The van der Waals surface area contributed by atoms with Crippen LogP contribution < -0.4 is 0 Å². The molecule has 0 radical (unpaired) electrons. The van der Waals surface area contributed by atoms with Gasteiger partial charge in [-0.05, 0) is 37.5 Å². The summed E-state index contributed by atoms with van der Waals surface area (Å²) in [5.74, 6) is 0.985. The molecule has 128 valence electrons. The number of rotatable bonds is 6. The van der Waals surface area contributed by atoms with Crippen molar-refractivity contribution in [3.8, 4) is 0 Å². The van der Waals surface area contributed by atoms with Gasteiger partial charge in [0, 0.05) is 19.6 Å². The summed E-state index contributed by atoms with van der Waals surface area (Å²) >= 11 is 0. The fourth-order valence-electron chi connectivity index (χ4n) is 2.96. The number of oxazole rings is 1. The number of carbonyl (C=O) groups is 1. The molecule has 0 spiro atoms. The highest BCUT2D eigenvalue weighted by Crippen LogP contribution is 2.32. The Balaban J connectivity index is 1.67. The van der Waals surface area contributed by atoms with Crippen LogP contribution in [0.25, 0.3) is 0 Å². The zero-order chi connectivity index (χ0) is 16.9. The highest BCUT2D eigenvalue weighted by Gasteiger charge is 2.33. The van der Waals surface area contributed by atoms with Crippen LogP contribution in [0.2, 0.25) is 0 Å². The molecule has 1 aliphatic rings. The molecule has 1 unspecified atom stereocenters. The lowest BCUT2D eigenvalue weighted by atomic mass is 10.1. The molecule has 1 amide bonds. The number of carbonyl (C=O) groups excluding carboxylic acids is 1. The molecule has 1 atom stereocenters. The van der Waals surface area contributed by atoms with E-state index in [9.17, 15) is 9.18 Å². The molecule has 24 heavy (non-hydrogen) atoms. The van der Waals surface area contributed by atoms with Gasteiger partial charge in [-0.3, -0.25) is 4.79 Å². The number of benzene rings is 1. The van der Waals surface area contributed by atoms with E-state index in [1.165, 1.54) is 12.1 Å². The summed E-state index contributed by atoms with van der Waals surface area (Å²) in [5.41, 5.74) is 0.954. The molecule has 1 saturated heterocycles. The van der Waals surface area contributed by atoms with Gasteiger partial charge in [0.25, 0.3) is 0 Å². The Morgan fingerprint density at radius 2 is 2.21 bits per heavy atom. The number of amides is 1.